The van der Waals surface area contributed by atoms with Gasteiger partial charge < -0.3 is 5.32 Å². The van der Waals surface area contributed by atoms with Crippen LogP contribution in [0.4, 0.5) is 10.1 Å². The average molecular weight is 380 g/mol. The van der Waals surface area contributed by atoms with Crippen molar-refractivity contribution < 1.29 is 14.1 Å². The summed E-state index contributed by atoms with van der Waals surface area (Å²) in [7, 11) is 0. The Morgan fingerprint density at radius 1 is 1.42 bits per heavy atom. The molecule has 1 heterocycles. The second kappa shape index (κ2) is 8.21. The fourth-order valence-electron chi connectivity index (χ4n) is 2.91. The molecule has 1 amide bonds. The molecule has 1 saturated carbocycles. The van der Waals surface area contributed by atoms with E-state index in [4.69, 9.17) is 0 Å². The molecule has 11 heteroatoms. The van der Waals surface area contributed by atoms with Gasteiger partial charge in [-0.3, -0.25) is 14.9 Å². The zero-order valence-electron chi connectivity index (χ0n) is 13.8. The number of carbonyl (C=O) groups excluding carboxylic acids is 1. The molecule has 0 saturated heterocycles. The smallest absolute Gasteiger partial charge is 0.274 e. The van der Waals surface area contributed by atoms with Gasteiger partial charge in [0.2, 0.25) is 11.1 Å². The average Bonchev–Trinajstić information content (AvgIpc) is 3.28. The number of amides is 1. The van der Waals surface area contributed by atoms with Crippen molar-refractivity contribution in [1.29, 1.82) is 0 Å². The Kier molecular flexibility index (Phi) is 5.76. The lowest BCUT2D eigenvalue weighted by molar-refractivity contribution is -0.385. The summed E-state index contributed by atoms with van der Waals surface area (Å²) in [6, 6.07) is 3.42. The number of tetrazole rings is 1. The summed E-state index contributed by atoms with van der Waals surface area (Å²) < 4.78 is 15.0. The number of nitro benzene ring substituents is 1. The molecule has 9 nitrogen and oxygen atoms in total. The summed E-state index contributed by atoms with van der Waals surface area (Å²) in [6.07, 6.45) is 4.32. The van der Waals surface area contributed by atoms with Crippen LogP contribution in [0.3, 0.4) is 0 Å². The van der Waals surface area contributed by atoms with Gasteiger partial charge in [-0.25, -0.2) is 9.07 Å². The lowest BCUT2D eigenvalue weighted by Crippen LogP contribution is -2.25. The Morgan fingerprint density at radius 2 is 2.19 bits per heavy atom. The third-order valence-electron chi connectivity index (χ3n) is 4.18. The molecule has 0 bridgehead atoms. The van der Waals surface area contributed by atoms with Crippen molar-refractivity contribution in [1.82, 2.24) is 25.5 Å². The van der Waals surface area contributed by atoms with Gasteiger partial charge in [-0.1, -0.05) is 24.6 Å². The first-order valence-corrected chi connectivity index (χ1v) is 9.13. The van der Waals surface area contributed by atoms with Gasteiger partial charge >= 0.3 is 0 Å². The SMILES string of the molecule is O=C(CSc1nnnn1C1CCCC1)NCc1cc(F)ccc1[N+](=O)[O-]. The Bertz CT molecular complexity index is 808. The number of hydrogen-bond donors (Lipinski definition) is 1. The van der Waals surface area contributed by atoms with Crippen LogP contribution in [0.15, 0.2) is 23.4 Å². The number of thioether (sulfide) groups is 1. The number of aromatic nitrogens is 4. The minimum absolute atomic E-state index is 0.0657. The minimum atomic E-state index is -0.606. The van der Waals surface area contributed by atoms with Crippen molar-refractivity contribution in [2.75, 3.05) is 5.75 Å². The van der Waals surface area contributed by atoms with E-state index in [1.54, 1.807) is 4.68 Å². The number of carbonyl (C=O) groups is 1. The minimum Gasteiger partial charge on any atom is -0.351 e. The quantitative estimate of drug-likeness (QED) is 0.445. The van der Waals surface area contributed by atoms with Crippen molar-refractivity contribution in [2.24, 2.45) is 0 Å². The van der Waals surface area contributed by atoms with Crippen LogP contribution in [-0.4, -0.2) is 36.8 Å². The van der Waals surface area contributed by atoms with E-state index in [-0.39, 0.29) is 35.5 Å². The van der Waals surface area contributed by atoms with Gasteiger partial charge in [0, 0.05) is 12.6 Å². The van der Waals surface area contributed by atoms with Crippen molar-refractivity contribution in [3.05, 3.63) is 39.7 Å². The van der Waals surface area contributed by atoms with E-state index < -0.39 is 10.7 Å². The maximum absolute atomic E-state index is 13.3. The molecule has 0 aliphatic heterocycles. The molecule has 1 N–H and O–H groups in total. The summed E-state index contributed by atoms with van der Waals surface area (Å²) in [5.41, 5.74) is -0.117. The topological polar surface area (TPSA) is 116 Å². The van der Waals surface area contributed by atoms with E-state index in [1.165, 1.54) is 11.8 Å². The van der Waals surface area contributed by atoms with Crippen molar-refractivity contribution in [3.8, 4) is 0 Å². The molecular formula is C15H17FN6O3S. The van der Waals surface area contributed by atoms with Gasteiger partial charge in [0.15, 0.2) is 0 Å². The van der Waals surface area contributed by atoms with Gasteiger partial charge in [-0.05, 0) is 35.4 Å². The number of nitro groups is 1. The number of benzene rings is 1. The number of nitrogens with zero attached hydrogens (tertiary/aromatic N) is 5. The highest BCUT2D eigenvalue weighted by molar-refractivity contribution is 7.99. The van der Waals surface area contributed by atoms with Crippen molar-refractivity contribution in [3.63, 3.8) is 0 Å². The molecule has 0 atom stereocenters. The van der Waals surface area contributed by atoms with Gasteiger partial charge in [0.1, 0.15) is 5.82 Å². The summed E-state index contributed by atoms with van der Waals surface area (Å²) in [4.78, 5) is 22.4. The molecule has 2 aromatic rings. The van der Waals surface area contributed by atoms with Crippen LogP contribution in [-0.2, 0) is 11.3 Å². The third-order valence-corrected chi connectivity index (χ3v) is 5.11. The highest BCUT2D eigenvalue weighted by atomic mass is 32.2. The Hall–Kier alpha value is -2.56. The van der Waals surface area contributed by atoms with Crippen molar-refractivity contribution >= 4 is 23.4 Å². The van der Waals surface area contributed by atoms with E-state index in [0.29, 0.717) is 5.16 Å². The van der Waals surface area contributed by atoms with Crippen molar-refractivity contribution in [2.45, 2.75) is 43.4 Å². The molecule has 1 aliphatic carbocycles. The van der Waals surface area contributed by atoms with Crippen LogP contribution in [0, 0.1) is 15.9 Å². The van der Waals surface area contributed by atoms with E-state index in [9.17, 15) is 19.3 Å². The highest BCUT2D eigenvalue weighted by Gasteiger charge is 2.22. The normalized spacial score (nSPS) is 14.5. The fourth-order valence-corrected chi connectivity index (χ4v) is 3.68. The molecule has 1 aliphatic rings. The first-order chi connectivity index (χ1) is 12.5. The van der Waals surface area contributed by atoms with Crippen LogP contribution in [0.5, 0.6) is 0 Å². The molecule has 0 unspecified atom stereocenters. The first-order valence-electron chi connectivity index (χ1n) is 8.15. The molecule has 3 rings (SSSR count). The van der Waals surface area contributed by atoms with Gasteiger partial charge in [0.25, 0.3) is 5.69 Å². The highest BCUT2D eigenvalue weighted by Crippen LogP contribution is 2.31. The number of rotatable bonds is 7. The molecular weight excluding hydrogens is 363 g/mol. The lowest BCUT2D eigenvalue weighted by Gasteiger charge is -2.10. The summed E-state index contributed by atoms with van der Waals surface area (Å²) in [5, 5.41) is 25.7. The monoisotopic (exact) mass is 380 g/mol. The second-order valence-electron chi connectivity index (χ2n) is 5.94. The molecule has 1 fully saturated rings. The molecule has 1 aromatic carbocycles. The van der Waals surface area contributed by atoms with Crippen LogP contribution in [0.25, 0.3) is 0 Å². The Morgan fingerprint density at radius 3 is 2.92 bits per heavy atom. The van der Waals surface area contributed by atoms with Crippen LogP contribution < -0.4 is 5.32 Å². The summed E-state index contributed by atoms with van der Waals surface area (Å²) >= 11 is 1.20. The maximum atomic E-state index is 13.3. The third kappa shape index (κ3) is 4.34. The van der Waals surface area contributed by atoms with E-state index in [1.807, 2.05) is 0 Å². The molecule has 138 valence electrons. The van der Waals surface area contributed by atoms with E-state index in [2.05, 4.69) is 20.8 Å². The van der Waals surface area contributed by atoms with Crippen LogP contribution >= 0.6 is 11.8 Å². The predicted molar refractivity (Wildman–Crippen MR) is 90.9 cm³/mol. The number of nitrogens with one attached hydrogen (secondary N) is 1. The van der Waals surface area contributed by atoms with Gasteiger partial charge in [-0.2, -0.15) is 0 Å². The summed E-state index contributed by atoms with van der Waals surface area (Å²) in [5.74, 6) is -0.865. The number of halogens is 1. The van der Waals surface area contributed by atoms with Gasteiger partial charge in [-0.15, -0.1) is 5.10 Å². The predicted octanol–water partition coefficient (Wildman–Crippen LogP) is 2.24. The maximum Gasteiger partial charge on any atom is 0.274 e. The zero-order valence-corrected chi connectivity index (χ0v) is 14.6. The largest absolute Gasteiger partial charge is 0.351 e. The second-order valence-corrected chi connectivity index (χ2v) is 6.88. The fraction of sp³-hybridized carbons (Fsp3) is 0.467. The first kappa shape index (κ1) is 18.2. The standard InChI is InChI=1S/C15H17FN6O3S/c16-11-5-6-13(22(24)25)10(7-11)8-17-14(23)9-26-15-18-19-20-21(15)12-3-1-2-4-12/h5-7,12H,1-4,8-9H2,(H,17,23). The Labute approximate surface area is 152 Å². The molecule has 0 spiro atoms. The molecule has 0 radical (unpaired) electrons. The summed E-state index contributed by atoms with van der Waals surface area (Å²) in [6.45, 7) is -0.124. The van der Waals surface area contributed by atoms with Crippen LogP contribution in [0.1, 0.15) is 37.3 Å². The number of hydrogen-bond acceptors (Lipinski definition) is 7. The molecule has 1 aromatic heterocycles. The zero-order chi connectivity index (χ0) is 18.5. The Balaban J connectivity index is 1.55. The van der Waals surface area contributed by atoms with E-state index in [0.717, 1.165) is 43.9 Å². The van der Waals surface area contributed by atoms with E-state index >= 15 is 0 Å². The van der Waals surface area contributed by atoms with Crippen LogP contribution in [0.2, 0.25) is 0 Å². The lowest BCUT2D eigenvalue weighted by atomic mass is 10.1. The van der Waals surface area contributed by atoms with Gasteiger partial charge in [0.05, 0.1) is 22.3 Å². The molecule has 26 heavy (non-hydrogen) atoms.